The van der Waals surface area contributed by atoms with Gasteiger partial charge in [0.2, 0.25) is 0 Å². The minimum Gasteiger partial charge on any atom is -0.492 e. The first-order chi connectivity index (χ1) is 11.0. The summed E-state index contributed by atoms with van der Waals surface area (Å²) in [6.45, 7) is 8.49. The highest BCUT2D eigenvalue weighted by Crippen LogP contribution is 2.31. The Morgan fingerprint density at radius 1 is 1.26 bits per heavy atom. The molecule has 0 radical (unpaired) electrons. The third-order valence-corrected chi connectivity index (χ3v) is 4.19. The Bertz CT molecular complexity index is 556. The number of Topliss-reactive ketones (excluding diaryl/α,β-unsaturated/α-hetero) is 1. The largest absolute Gasteiger partial charge is 0.492 e. The number of allylic oxidation sites excluding steroid dienone is 1. The number of rotatable bonds is 8. The van der Waals surface area contributed by atoms with Crippen LogP contribution in [0.3, 0.4) is 0 Å². The molecule has 0 heterocycles. The van der Waals surface area contributed by atoms with E-state index in [0.29, 0.717) is 37.3 Å². The van der Waals surface area contributed by atoms with Gasteiger partial charge in [-0.05, 0) is 43.2 Å². The van der Waals surface area contributed by atoms with Crippen LogP contribution in [0.5, 0.6) is 5.75 Å². The molecule has 1 saturated carbocycles. The van der Waals surface area contributed by atoms with Gasteiger partial charge in [0.15, 0.2) is 5.78 Å². The van der Waals surface area contributed by atoms with Crippen molar-refractivity contribution in [2.24, 2.45) is 0 Å². The summed E-state index contributed by atoms with van der Waals surface area (Å²) >= 11 is 0. The monoisotopic (exact) mass is 315 g/mol. The van der Waals surface area contributed by atoms with Crippen molar-refractivity contribution in [3.8, 4) is 5.75 Å². The third-order valence-electron chi connectivity index (χ3n) is 4.19. The van der Waals surface area contributed by atoms with E-state index in [-0.39, 0.29) is 5.78 Å². The average Bonchev–Trinajstić information content (AvgIpc) is 2.59. The topological polar surface area (TPSA) is 58.6 Å². The van der Waals surface area contributed by atoms with Gasteiger partial charge in [-0.15, -0.1) is 0 Å². The number of ether oxygens (including phenoxy) is 1. The first-order valence-electron chi connectivity index (χ1n) is 8.10. The van der Waals surface area contributed by atoms with Gasteiger partial charge in [0, 0.05) is 17.8 Å². The van der Waals surface area contributed by atoms with E-state index in [0.717, 1.165) is 25.0 Å². The van der Waals surface area contributed by atoms with Crippen molar-refractivity contribution >= 4 is 5.78 Å². The van der Waals surface area contributed by atoms with E-state index in [2.05, 4.69) is 18.5 Å². The van der Waals surface area contributed by atoms with Gasteiger partial charge in [-0.2, -0.15) is 0 Å². The third kappa shape index (κ3) is 4.70. The van der Waals surface area contributed by atoms with Crippen LogP contribution in [0.1, 0.15) is 42.5 Å². The Morgan fingerprint density at radius 2 is 1.91 bits per heavy atom. The summed E-state index contributed by atoms with van der Waals surface area (Å²) in [7, 11) is 0. The van der Waals surface area contributed by atoms with Crippen LogP contribution in [0.25, 0.3) is 0 Å². The minimum atomic E-state index is -1.18. The van der Waals surface area contributed by atoms with E-state index in [1.54, 1.807) is 30.3 Å². The van der Waals surface area contributed by atoms with Crippen LogP contribution >= 0.6 is 0 Å². The van der Waals surface area contributed by atoms with E-state index in [1.807, 2.05) is 0 Å². The maximum Gasteiger partial charge on any atom is 0.194 e. The van der Waals surface area contributed by atoms with Gasteiger partial charge in [-0.1, -0.05) is 32.4 Å². The van der Waals surface area contributed by atoms with Crippen LogP contribution in [0.4, 0.5) is 0 Å². The van der Waals surface area contributed by atoms with Crippen molar-refractivity contribution in [1.29, 1.82) is 0 Å². The van der Waals surface area contributed by atoms with Gasteiger partial charge in [0.1, 0.15) is 18.0 Å². The molecule has 4 nitrogen and oxygen atoms in total. The lowest BCUT2D eigenvalue weighted by Crippen LogP contribution is -2.40. The molecule has 1 fully saturated rings. The van der Waals surface area contributed by atoms with Crippen molar-refractivity contribution in [3.63, 3.8) is 0 Å². The lowest BCUT2D eigenvalue weighted by atomic mass is 9.79. The lowest BCUT2D eigenvalue weighted by molar-refractivity contribution is 0.0116. The molecule has 0 amide bonds. The second-order valence-electron chi connectivity index (χ2n) is 5.95. The SMILES string of the molecule is C=CC(=C)NCCOc1ccc(C(=O)C2(O)CCCCC2)cc1. The van der Waals surface area contributed by atoms with E-state index < -0.39 is 5.60 Å². The summed E-state index contributed by atoms with van der Waals surface area (Å²) < 4.78 is 5.59. The second kappa shape index (κ2) is 7.97. The molecule has 0 spiro atoms. The second-order valence-corrected chi connectivity index (χ2v) is 5.95. The molecule has 0 aromatic heterocycles. The highest BCUT2D eigenvalue weighted by Gasteiger charge is 2.37. The van der Waals surface area contributed by atoms with E-state index >= 15 is 0 Å². The molecular weight excluding hydrogens is 290 g/mol. The molecular formula is C19H25NO3. The highest BCUT2D eigenvalue weighted by atomic mass is 16.5. The standard InChI is InChI=1S/C19H25NO3/c1-3-15(2)20-13-14-23-17-9-7-16(8-10-17)18(21)19(22)11-5-4-6-12-19/h3,7-10,20,22H,1-2,4-6,11-14H2. The lowest BCUT2D eigenvalue weighted by Gasteiger charge is -2.30. The number of hydrogen-bond donors (Lipinski definition) is 2. The van der Waals surface area contributed by atoms with E-state index in [4.69, 9.17) is 4.74 Å². The van der Waals surface area contributed by atoms with E-state index in [1.165, 1.54) is 0 Å². The number of hydrogen-bond acceptors (Lipinski definition) is 4. The van der Waals surface area contributed by atoms with Crippen LogP contribution < -0.4 is 10.1 Å². The Labute approximate surface area is 137 Å². The molecule has 1 aliphatic rings. The smallest absolute Gasteiger partial charge is 0.194 e. The molecule has 1 aliphatic carbocycles. The normalized spacial score (nSPS) is 16.4. The molecule has 0 unspecified atom stereocenters. The minimum absolute atomic E-state index is 0.173. The number of nitrogens with one attached hydrogen (secondary N) is 1. The Balaban J connectivity index is 1.87. The predicted molar refractivity (Wildman–Crippen MR) is 91.6 cm³/mol. The van der Waals surface area contributed by atoms with Crippen molar-refractivity contribution in [1.82, 2.24) is 5.32 Å². The molecule has 23 heavy (non-hydrogen) atoms. The number of carbonyl (C=O) groups excluding carboxylic acids is 1. The number of carbonyl (C=O) groups is 1. The fraction of sp³-hybridized carbons (Fsp3) is 0.421. The molecule has 2 rings (SSSR count). The Morgan fingerprint density at radius 3 is 2.52 bits per heavy atom. The zero-order valence-corrected chi connectivity index (χ0v) is 13.5. The summed E-state index contributed by atoms with van der Waals surface area (Å²) in [4.78, 5) is 12.5. The van der Waals surface area contributed by atoms with E-state index in [9.17, 15) is 9.90 Å². The van der Waals surface area contributed by atoms with Gasteiger partial charge in [-0.3, -0.25) is 4.79 Å². The molecule has 0 saturated heterocycles. The predicted octanol–water partition coefficient (Wildman–Crippen LogP) is 3.23. The van der Waals surface area contributed by atoms with Crippen LogP contribution in [0.2, 0.25) is 0 Å². The number of aliphatic hydroxyl groups is 1. The molecule has 1 aromatic carbocycles. The highest BCUT2D eigenvalue weighted by molar-refractivity contribution is 6.02. The van der Waals surface area contributed by atoms with Crippen molar-refractivity contribution < 1.29 is 14.6 Å². The number of ketones is 1. The zero-order chi connectivity index (χ0) is 16.7. The molecule has 1 aromatic rings. The summed E-state index contributed by atoms with van der Waals surface area (Å²) in [6, 6.07) is 6.98. The van der Waals surface area contributed by atoms with Crippen LogP contribution in [-0.4, -0.2) is 29.6 Å². The van der Waals surface area contributed by atoms with Crippen molar-refractivity contribution in [3.05, 3.63) is 54.8 Å². The van der Waals surface area contributed by atoms with Crippen LogP contribution in [0.15, 0.2) is 49.2 Å². The first kappa shape index (κ1) is 17.3. The summed E-state index contributed by atoms with van der Waals surface area (Å²) in [5.74, 6) is 0.524. The molecule has 0 atom stereocenters. The maximum absolute atomic E-state index is 12.5. The zero-order valence-electron chi connectivity index (χ0n) is 13.5. The van der Waals surface area contributed by atoms with Gasteiger partial charge in [-0.25, -0.2) is 0 Å². The summed E-state index contributed by atoms with van der Waals surface area (Å²) in [6.07, 6.45) is 5.68. The van der Waals surface area contributed by atoms with Gasteiger partial charge < -0.3 is 15.2 Å². The molecule has 0 bridgehead atoms. The summed E-state index contributed by atoms with van der Waals surface area (Å²) in [5, 5.41) is 13.6. The quantitative estimate of drug-likeness (QED) is 0.439. The average molecular weight is 315 g/mol. The molecule has 2 N–H and O–H groups in total. The van der Waals surface area contributed by atoms with Crippen molar-refractivity contribution in [2.75, 3.05) is 13.2 Å². The molecule has 0 aliphatic heterocycles. The Hall–Kier alpha value is -2.07. The fourth-order valence-corrected chi connectivity index (χ4v) is 2.79. The van der Waals surface area contributed by atoms with Gasteiger partial charge >= 0.3 is 0 Å². The molecule has 124 valence electrons. The number of benzene rings is 1. The van der Waals surface area contributed by atoms with Gasteiger partial charge in [0.05, 0.1) is 0 Å². The summed E-state index contributed by atoms with van der Waals surface area (Å²) in [5.41, 5.74) is 0.116. The Kier molecular flexibility index (Phi) is 5.99. The van der Waals surface area contributed by atoms with Gasteiger partial charge in [0.25, 0.3) is 0 Å². The first-order valence-corrected chi connectivity index (χ1v) is 8.10. The van der Waals surface area contributed by atoms with Crippen LogP contribution in [0, 0.1) is 0 Å². The van der Waals surface area contributed by atoms with Crippen molar-refractivity contribution in [2.45, 2.75) is 37.7 Å². The molecule has 4 heteroatoms. The maximum atomic E-state index is 12.5. The fourth-order valence-electron chi connectivity index (χ4n) is 2.79. The van der Waals surface area contributed by atoms with Crippen LogP contribution in [-0.2, 0) is 0 Å².